The Morgan fingerprint density at radius 3 is 2.82 bits per heavy atom. The van der Waals surface area contributed by atoms with Crippen molar-refractivity contribution in [3.05, 3.63) is 40.0 Å². The van der Waals surface area contributed by atoms with Gasteiger partial charge in [0.25, 0.3) is 0 Å². The number of aryl methyl sites for hydroxylation is 1. The average molecular weight is 440 g/mol. The van der Waals surface area contributed by atoms with Crippen LogP contribution in [0.25, 0.3) is 10.4 Å². The summed E-state index contributed by atoms with van der Waals surface area (Å²) in [7, 11) is -3.59. The van der Waals surface area contributed by atoms with Gasteiger partial charge >= 0.3 is 0 Å². The first-order valence-corrected chi connectivity index (χ1v) is 12.0. The highest BCUT2D eigenvalue weighted by Gasteiger charge is 2.58. The molecule has 9 heteroatoms. The maximum atomic E-state index is 13.2. The van der Waals surface area contributed by atoms with Gasteiger partial charge in [0.15, 0.2) is 14.6 Å². The zero-order chi connectivity index (χ0) is 20.2. The molecule has 1 spiro atoms. The third kappa shape index (κ3) is 2.98. The summed E-state index contributed by atoms with van der Waals surface area (Å²) in [5.41, 5.74) is 1.12. The number of pyridine rings is 1. The highest BCUT2D eigenvalue weighted by molar-refractivity contribution is 7.93. The van der Waals surface area contributed by atoms with Gasteiger partial charge in [0.2, 0.25) is 0 Å². The molecule has 2 fully saturated rings. The van der Waals surface area contributed by atoms with Crippen molar-refractivity contribution in [3.63, 3.8) is 0 Å². The van der Waals surface area contributed by atoms with Crippen LogP contribution in [0.2, 0.25) is 5.02 Å². The first kappa shape index (κ1) is 19.8. The second-order valence-electron chi connectivity index (χ2n) is 7.61. The molecule has 2 aromatic rings. The van der Waals surface area contributed by atoms with Crippen LogP contribution in [0.4, 0.5) is 0 Å². The molecule has 0 bridgehead atoms. The van der Waals surface area contributed by atoms with E-state index in [1.165, 1.54) is 11.3 Å². The second kappa shape index (κ2) is 6.79. The minimum atomic E-state index is -3.59. The van der Waals surface area contributed by atoms with Crippen molar-refractivity contribution in [1.82, 2.24) is 10.3 Å². The fourth-order valence-electron chi connectivity index (χ4n) is 3.91. The van der Waals surface area contributed by atoms with Crippen LogP contribution in [0.3, 0.4) is 0 Å². The summed E-state index contributed by atoms with van der Waals surface area (Å²) in [6, 6.07) is 3.92. The minimum absolute atomic E-state index is 0.000543. The molecule has 150 valence electrons. The summed E-state index contributed by atoms with van der Waals surface area (Å²) >= 11 is 7.99. The SMILES string of the molecule is CCc1cncc(-c2cc(Cl)c([C@]3(C)CS(=O)(=O)[C@@]4(CCOC4)C(=N)N3)s2)c1. The van der Waals surface area contributed by atoms with Gasteiger partial charge in [-0.3, -0.25) is 10.4 Å². The molecule has 2 saturated heterocycles. The number of nitrogens with zero attached hydrogens (tertiary/aromatic N) is 1. The first-order valence-electron chi connectivity index (χ1n) is 9.12. The van der Waals surface area contributed by atoms with Crippen molar-refractivity contribution in [2.45, 2.75) is 37.0 Å². The molecule has 28 heavy (non-hydrogen) atoms. The van der Waals surface area contributed by atoms with Crippen LogP contribution >= 0.6 is 22.9 Å². The van der Waals surface area contributed by atoms with Crippen LogP contribution in [-0.4, -0.2) is 43.0 Å². The molecule has 0 amide bonds. The van der Waals surface area contributed by atoms with Crippen LogP contribution in [0, 0.1) is 5.41 Å². The molecule has 2 aromatic heterocycles. The lowest BCUT2D eigenvalue weighted by Gasteiger charge is -2.43. The van der Waals surface area contributed by atoms with Gasteiger partial charge in [-0.2, -0.15) is 0 Å². The fraction of sp³-hybridized carbons (Fsp3) is 0.474. The zero-order valence-corrected chi connectivity index (χ0v) is 18.1. The molecule has 0 saturated carbocycles. The summed E-state index contributed by atoms with van der Waals surface area (Å²) in [6.07, 6.45) is 4.81. The number of ether oxygens (including phenoxy) is 1. The smallest absolute Gasteiger partial charge is 0.168 e. The Morgan fingerprint density at radius 1 is 1.39 bits per heavy atom. The highest BCUT2D eigenvalue weighted by Crippen LogP contribution is 2.45. The van der Waals surface area contributed by atoms with Gasteiger partial charge < -0.3 is 10.1 Å². The average Bonchev–Trinajstić information content (AvgIpc) is 3.28. The normalized spacial score (nSPS) is 29.2. The molecular formula is C19H22ClN3O3S2. The third-order valence-corrected chi connectivity index (χ3v) is 10.1. The first-order chi connectivity index (χ1) is 13.2. The van der Waals surface area contributed by atoms with Crippen molar-refractivity contribution in [2.75, 3.05) is 19.0 Å². The number of hydrogen-bond acceptors (Lipinski definition) is 6. The van der Waals surface area contributed by atoms with Crippen molar-refractivity contribution >= 4 is 38.6 Å². The van der Waals surface area contributed by atoms with E-state index in [0.717, 1.165) is 22.4 Å². The number of sulfone groups is 1. The number of nitrogens with one attached hydrogen (secondary N) is 2. The van der Waals surface area contributed by atoms with E-state index in [4.69, 9.17) is 21.7 Å². The summed E-state index contributed by atoms with van der Waals surface area (Å²) in [5.74, 6) is -0.127. The molecule has 2 atom stereocenters. The van der Waals surface area contributed by atoms with Crippen molar-refractivity contribution in [1.29, 1.82) is 5.41 Å². The van der Waals surface area contributed by atoms with Crippen LogP contribution in [0.1, 0.15) is 30.7 Å². The third-order valence-electron chi connectivity index (χ3n) is 5.59. The zero-order valence-electron chi connectivity index (χ0n) is 15.7. The Hall–Kier alpha value is -1.48. The predicted octanol–water partition coefficient (Wildman–Crippen LogP) is 3.40. The standard InChI is InChI=1S/C19H22ClN3O3S2/c1-3-12-6-13(9-22-8-12)15-7-14(20)16(27-15)18(2)11-28(24,25)19(17(21)23-18)4-5-26-10-19/h6-9H,3-5,10-11H2,1-2H3,(H2,21,23)/t18-,19+/m0/s1. The van der Waals surface area contributed by atoms with Crippen LogP contribution in [0.15, 0.2) is 24.5 Å². The van der Waals surface area contributed by atoms with E-state index in [1.54, 1.807) is 13.1 Å². The number of hydrogen-bond donors (Lipinski definition) is 2. The summed E-state index contributed by atoms with van der Waals surface area (Å²) in [4.78, 5) is 5.93. The van der Waals surface area contributed by atoms with Crippen LogP contribution in [0.5, 0.6) is 0 Å². The Bertz CT molecular complexity index is 1040. The predicted molar refractivity (Wildman–Crippen MR) is 112 cm³/mol. The van der Waals surface area contributed by atoms with E-state index in [0.29, 0.717) is 22.9 Å². The summed E-state index contributed by atoms with van der Waals surface area (Å²) in [5, 5.41) is 12.1. The van der Waals surface area contributed by atoms with Gasteiger partial charge in [-0.25, -0.2) is 8.42 Å². The van der Waals surface area contributed by atoms with E-state index in [-0.39, 0.29) is 18.2 Å². The summed E-state index contributed by atoms with van der Waals surface area (Å²) in [6.45, 7) is 4.25. The van der Waals surface area contributed by atoms with Gasteiger partial charge in [0.1, 0.15) is 5.84 Å². The monoisotopic (exact) mass is 439 g/mol. The number of aromatic nitrogens is 1. The topological polar surface area (TPSA) is 92.1 Å². The van der Waals surface area contributed by atoms with Crippen LogP contribution in [-0.2, 0) is 26.5 Å². The van der Waals surface area contributed by atoms with E-state index in [9.17, 15) is 8.42 Å². The van der Waals surface area contributed by atoms with Crippen molar-refractivity contribution < 1.29 is 13.2 Å². The largest absolute Gasteiger partial charge is 0.379 e. The van der Waals surface area contributed by atoms with Gasteiger partial charge in [-0.15, -0.1) is 11.3 Å². The lowest BCUT2D eigenvalue weighted by molar-refractivity contribution is 0.193. The van der Waals surface area contributed by atoms with E-state index in [1.807, 2.05) is 12.3 Å². The van der Waals surface area contributed by atoms with Gasteiger partial charge in [-0.05, 0) is 37.5 Å². The Morgan fingerprint density at radius 2 is 2.18 bits per heavy atom. The Kier molecular flexibility index (Phi) is 4.81. The van der Waals surface area contributed by atoms with Crippen molar-refractivity contribution in [3.8, 4) is 10.4 Å². The Balaban J connectivity index is 1.73. The number of rotatable bonds is 3. The molecule has 0 aromatic carbocycles. The van der Waals surface area contributed by atoms with Gasteiger partial charge in [-0.1, -0.05) is 18.5 Å². The number of halogens is 1. The van der Waals surface area contributed by atoms with E-state index >= 15 is 0 Å². The van der Waals surface area contributed by atoms with Crippen molar-refractivity contribution in [2.24, 2.45) is 0 Å². The lowest BCUT2D eigenvalue weighted by Crippen LogP contribution is -2.66. The van der Waals surface area contributed by atoms with E-state index < -0.39 is 20.1 Å². The number of amidine groups is 1. The minimum Gasteiger partial charge on any atom is -0.379 e. The molecule has 2 N–H and O–H groups in total. The van der Waals surface area contributed by atoms with Crippen LogP contribution < -0.4 is 5.32 Å². The highest BCUT2D eigenvalue weighted by atomic mass is 35.5. The quantitative estimate of drug-likeness (QED) is 0.764. The van der Waals surface area contributed by atoms with Gasteiger partial charge in [0.05, 0.1) is 22.9 Å². The van der Waals surface area contributed by atoms with E-state index in [2.05, 4.69) is 23.3 Å². The molecule has 2 aliphatic rings. The molecule has 4 rings (SSSR count). The molecular weight excluding hydrogens is 418 g/mol. The number of thiophene rings is 1. The maximum Gasteiger partial charge on any atom is 0.168 e. The lowest BCUT2D eigenvalue weighted by atomic mass is 9.98. The maximum absolute atomic E-state index is 13.2. The molecule has 2 aliphatic heterocycles. The molecule has 0 aliphatic carbocycles. The fourth-order valence-corrected chi connectivity index (χ4v) is 7.91. The summed E-state index contributed by atoms with van der Waals surface area (Å²) < 4.78 is 30.4. The molecule has 4 heterocycles. The molecule has 6 nitrogen and oxygen atoms in total. The van der Waals surface area contributed by atoms with Gasteiger partial charge in [0, 0.05) is 34.3 Å². The molecule has 0 radical (unpaired) electrons. The Labute approximate surface area is 173 Å². The second-order valence-corrected chi connectivity index (χ2v) is 11.4. The molecule has 0 unspecified atom stereocenters.